The normalized spacial score (nSPS) is 11.0. The molecule has 168 valence electrons. The summed E-state index contributed by atoms with van der Waals surface area (Å²) in [6.45, 7) is 0.0139. The van der Waals surface area contributed by atoms with Crippen LogP contribution in [0.15, 0.2) is 90.0 Å². The van der Waals surface area contributed by atoms with Crippen LogP contribution in [0.3, 0.4) is 0 Å². The Bertz CT molecular complexity index is 1540. The second-order valence-electron chi connectivity index (χ2n) is 7.62. The number of H-pyrrole nitrogens is 1. The molecule has 2 N–H and O–H groups in total. The van der Waals surface area contributed by atoms with Crippen molar-refractivity contribution in [2.24, 2.45) is 0 Å². The molecule has 0 saturated carbocycles. The first kappa shape index (κ1) is 21.9. The highest BCUT2D eigenvalue weighted by atomic mass is 35.5. The lowest BCUT2D eigenvalue weighted by atomic mass is 10.0. The fraction of sp³-hybridized carbons (Fsp3) is 0.0385. The van der Waals surface area contributed by atoms with Crippen molar-refractivity contribution in [3.8, 4) is 17.1 Å². The number of carbonyl (C=O) groups is 1. The third kappa shape index (κ3) is 4.09. The summed E-state index contributed by atoms with van der Waals surface area (Å²) in [5, 5.41) is 4.17. The van der Waals surface area contributed by atoms with Crippen molar-refractivity contribution in [3.63, 3.8) is 0 Å². The summed E-state index contributed by atoms with van der Waals surface area (Å²) >= 11 is 12.2. The predicted octanol–water partition coefficient (Wildman–Crippen LogP) is 5.62. The molecule has 0 unspecified atom stereocenters. The van der Waals surface area contributed by atoms with E-state index < -0.39 is 0 Å². The monoisotopic (exact) mass is 488 g/mol. The molecular formula is C26H18Cl2N4O2. The maximum Gasteiger partial charge on any atom is 0.253 e. The number of rotatable bonds is 5. The van der Waals surface area contributed by atoms with Crippen LogP contribution < -0.4 is 10.7 Å². The fourth-order valence-corrected chi connectivity index (χ4v) is 4.24. The summed E-state index contributed by atoms with van der Waals surface area (Å²) in [4.78, 5) is 33.6. The first-order chi connectivity index (χ1) is 16.5. The summed E-state index contributed by atoms with van der Waals surface area (Å²) in [6.07, 6.45) is 3.19. The zero-order valence-corrected chi connectivity index (χ0v) is 19.3. The van der Waals surface area contributed by atoms with Gasteiger partial charge in [0.2, 0.25) is 0 Å². The highest BCUT2D eigenvalue weighted by Crippen LogP contribution is 2.30. The van der Waals surface area contributed by atoms with Crippen molar-refractivity contribution in [2.45, 2.75) is 6.54 Å². The van der Waals surface area contributed by atoms with Crippen LogP contribution in [0.5, 0.6) is 0 Å². The second kappa shape index (κ2) is 9.17. The Balaban J connectivity index is 1.72. The van der Waals surface area contributed by atoms with Crippen LogP contribution in [-0.2, 0) is 6.54 Å². The van der Waals surface area contributed by atoms with Gasteiger partial charge in [-0.1, -0.05) is 41.4 Å². The van der Waals surface area contributed by atoms with E-state index in [1.54, 1.807) is 36.5 Å². The lowest BCUT2D eigenvalue weighted by molar-refractivity contribution is 0.0950. The molecule has 5 rings (SSSR count). The summed E-state index contributed by atoms with van der Waals surface area (Å²) in [5.74, 6) is -0.358. The van der Waals surface area contributed by atoms with E-state index in [4.69, 9.17) is 23.2 Å². The van der Waals surface area contributed by atoms with Gasteiger partial charge in [-0.05, 0) is 54.6 Å². The van der Waals surface area contributed by atoms with E-state index in [1.807, 2.05) is 47.0 Å². The number of hydrogen-bond donors (Lipinski definition) is 2. The third-order valence-corrected chi connectivity index (χ3v) is 5.97. The number of para-hydroxylation sites is 1. The molecule has 0 aliphatic heterocycles. The number of pyridine rings is 2. The summed E-state index contributed by atoms with van der Waals surface area (Å²) < 4.78 is 1.99. The molecule has 0 aliphatic rings. The largest absolute Gasteiger partial charge is 0.360 e. The summed E-state index contributed by atoms with van der Waals surface area (Å²) in [5.41, 5.74) is 3.51. The van der Waals surface area contributed by atoms with Crippen molar-refractivity contribution in [1.29, 1.82) is 0 Å². The molecule has 0 fully saturated rings. The zero-order valence-electron chi connectivity index (χ0n) is 17.8. The van der Waals surface area contributed by atoms with Gasteiger partial charge >= 0.3 is 0 Å². The van der Waals surface area contributed by atoms with Gasteiger partial charge in [0.05, 0.1) is 22.5 Å². The summed E-state index contributed by atoms with van der Waals surface area (Å²) in [6, 6.07) is 21.8. The number of halogens is 2. The van der Waals surface area contributed by atoms with Gasteiger partial charge in [0.15, 0.2) is 5.43 Å². The summed E-state index contributed by atoms with van der Waals surface area (Å²) in [7, 11) is 0. The first-order valence-corrected chi connectivity index (χ1v) is 11.2. The number of benzene rings is 2. The zero-order chi connectivity index (χ0) is 23.7. The minimum absolute atomic E-state index is 0.0139. The van der Waals surface area contributed by atoms with E-state index in [0.29, 0.717) is 37.9 Å². The molecule has 0 spiro atoms. The molecule has 6 nitrogen and oxygen atoms in total. The number of nitrogens with zero attached hydrogens (tertiary/aromatic N) is 2. The average Bonchev–Trinajstić information content (AvgIpc) is 3.38. The maximum absolute atomic E-state index is 13.7. The van der Waals surface area contributed by atoms with Crippen LogP contribution in [0, 0.1) is 0 Å². The van der Waals surface area contributed by atoms with Gasteiger partial charge in [-0.15, -0.1) is 0 Å². The van der Waals surface area contributed by atoms with Crippen LogP contribution in [-0.4, -0.2) is 20.4 Å². The van der Waals surface area contributed by atoms with E-state index >= 15 is 0 Å². The van der Waals surface area contributed by atoms with Crippen LogP contribution in [0.2, 0.25) is 10.2 Å². The molecule has 5 aromatic rings. The minimum Gasteiger partial charge on any atom is -0.360 e. The number of nitrogens with one attached hydrogen (secondary N) is 2. The molecule has 0 aliphatic carbocycles. The van der Waals surface area contributed by atoms with E-state index in [1.165, 1.54) is 6.20 Å². The maximum atomic E-state index is 13.7. The Labute approximate surface area is 204 Å². The van der Waals surface area contributed by atoms with Crippen LogP contribution in [0.25, 0.3) is 28.0 Å². The number of aromatic nitrogens is 3. The van der Waals surface area contributed by atoms with Crippen molar-refractivity contribution in [3.05, 3.63) is 117 Å². The standard InChI is InChI=1S/C26H18Cl2N4O2/c27-17-9-10-19-22(13-17)32(18-5-2-1-3-6-18)24(21-7-4-12-29-21)20(25(19)33)15-31-26(34)16-8-11-23(28)30-14-16/h1-14,29H,15H2,(H,31,34). The Morgan fingerprint density at radius 2 is 1.82 bits per heavy atom. The van der Waals surface area contributed by atoms with Crippen LogP contribution >= 0.6 is 23.2 Å². The van der Waals surface area contributed by atoms with Gasteiger partial charge in [0.1, 0.15) is 5.15 Å². The molecule has 3 heterocycles. The topological polar surface area (TPSA) is 79.8 Å². The lowest BCUT2D eigenvalue weighted by Gasteiger charge is -2.21. The smallest absolute Gasteiger partial charge is 0.253 e. The van der Waals surface area contributed by atoms with E-state index in [0.717, 1.165) is 11.4 Å². The third-order valence-electron chi connectivity index (χ3n) is 5.51. The molecule has 0 saturated heterocycles. The Morgan fingerprint density at radius 1 is 1.00 bits per heavy atom. The second-order valence-corrected chi connectivity index (χ2v) is 8.45. The van der Waals surface area contributed by atoms with Crippen molar-refractivity contribution < 1.29 is 4.79 Å². The number of hydrogen-bond acceptors (Lipinski definition) is 3. The molecular weight excluding hydrogens is 471 g/mol. The van der Waals surface area contributed by atoms with Crippen molar-refractivity contribution in [2.75, 3.05) is 0 Å². The average molecular weight is 489 g/mol. The van der Waals surface area contributed by atoms with Gasteiger partial charge in [-0.2, -0.15) is 0 Å². The predicted molar refractivity (Wildman–Crippen MR) is 135 cm³/mol. The van der Waals surface area contributed by atoms with Gasteiger partial charge < -0.3 is 14.9 Å². The highest BCUT2D eigenvalue weighted by Gasteiger charge is 2.21. The van der Waals surface area contributed by atoms with Crippen molar-refractivity contribution >= 4 is 40.0 Å². The van der Waals surface area contributed by atoms with Crippen molar-refractivity contribution in [1.82, 2.24) is 19.9 Å². The molecule has 0 atom stereocenters. The minimum atomic E-state index is -0.358. The van der Waals surface area contributed by atoms with Crippen LogP contribution in [0.4, 0.5) is 0 Å². The Hall–Kier alpha value is -3.87. The Kier molecular flexibility index (Phi) is 5.92. The molecule has 3 aromatic heterocycles. The molecule has 2 aromatic carbocycles. The number of fused-ring (bicyclic) bond motifs is 1. The fourth-order valence-electron chi connectivity index (χ4n) is 3.96. The van der Waals surface area contributed by atoms with E-state index in [2.05, 4.69) is 15.3 Å². The Morgan fingerprint density at radius 3 is 2.53 bits per heavy atom. The SMILES string of the molecule is O=C(NCc1c(-c2ccc[nH]2)n(-c2ccccc2)c2cc(Cl)ccc2c1=O)c1ccc(Cl)nc1. The lowest BCUT2D eigenvalue weighted by Crippen LogP contribution is -2.28. The highest BCUT2D eigenvalue weighted by molar-refractivity contribution is 6.31. The van der Waals surface area contributed by atoms with Gasteiger partial charge in [-0.25, -0.2) is 4.98 Å². The van der Waals surface area contributed by atoms with Crippen LogP contribution in [0.1, 0.15) is 15.9 Å². The molecule has 0 bridgehead atoms. The first-order valence-electron chi connectivity index (χ1n) is 10.5. The van der Waals surface area contributed by atoms with E-state index in [-0.39, 0.29) is 17.9 Å². The number of aromatic amines is 1. The molecule has 8 heteroatoms. The molecule has 1 amide bonds. The van der Waals surface area contributed by atoms with Gasteiger partial charge in [-0.3, -0.25) is 9.59 Å². The number of carbonyl (C=O) groups excluding carboxylic acids is 1. The van der Waals surface area contributed by atoms with Gasteiger partial charge in [0, 0.05) is 40.6 Å². The number of amides is 1. The molecule has 0 radical (unpaired) electrons. The quantitative estimate of drug-likeness (QED) is 0.315. The van der Waals surface area contributed by atoms with E-state index in [9.17, 15) is 9.59 Å². The van der Waals surface area contributed by atoms with Gasteiger partial charge in [0.25, 0.3) is 5.91 Å². The molecule has 34 heavy (non-hydrogen) atoms.